The summed E-state index contributed by atoms with van der Waals surface area (Å²) in [6.45, 7) is 0. The lowest BCUT2D eigenvalue weighted by Crippen LogP contribution is -1.97. The smallest absolute Gasteiger partial charge is 0.136 e. The van der Waals surface area contributed by atoms with E-state index in [9.17, 15) is 0 Å². The first-order chi connectivity index (χ1) is 18.9. The molecule has 38 heavy (non-hydrogen) atoms. The van der Waals surface area contributed by atoms with Gasteiger partial charge in [-0.3, -0.25) is 0 Å². The molecule has 0 saturated carbocycles. The van der Waals surface area contributed by atoms with Crippen LogP contribution in [0.3, 0.4) is 0 Å². The maximum atomic E-state index is 6.37. The lowest BCUT2D eigenvalue weighted by atomic mass is 9.99. The highest BCUT2D eigenvalue weighted by molar-refractivity contribution is 6.23. The second-order valence-corrected chi connectivity index (χ2v) is 9.74. The topological polar surface area (TPSA) is 18.1 Å². The minimum absolute atomic E-state index is 0.907. The fraction of sp³-hybridized carbons (Fsp3) is 0. The summed E-state index contributed by atoms with van der Waals surface area (Å²) in [5.74, 6) is 0. The summed E-state index contributed by atoms with van der Waals surface area (Å²) in [6.07, 6.45) is 0. The Morgan fingerprint density at radius 3 is 1.55 bits per heavy atom. The monoisotopic (exact) mass is 485 g/mol. The third-order valence-electron chi connectivity index (χ3n) is 7.62. The Morgan fingerprint density at radius 2 is 0.842 bits per heavy atom. The predicted octanol–water partition coefficient (Wildman–Crippen LogP) is 10.1. The molecule has 2 aromatic heterocycles. The number of nitrogens with zero attached hydrogens (tertiary/aromatic N) is 1. The standard InChI is InChI=1S/C36H23NO/c1-2-12-24(13-3-1)37-33-19-9-6-16-27(33)25-14-4-5-15-26(25)31-23-36-32(29-18-8-11-21-35(29)38-36)22-30(31)28-17-7-10-20-34(28)37/h1-23H. The summed E-state index contributed by atoms with van der Waals surface area (Å²) in [7, 11) is 0. The summed E-state index contributed by atoms with van der Waals surface area (Å²) >= 11 is 0. The Morgan fingerprint density at radius 1 is 0.342 bits per heavy atom. The van der Waals surface area contributed by atoms with Crippen molar-refractivity contribution in [2.24, 2.45) is 0 Å². The van der Waals surface area contributed by atoms with Gasteiger partial charge >= 0.3 is 0 Å². The van der Waals surface area contributed by atoms with Gasteiger partial charge in [0.15, 0.2) is 0 Å². The lowest BCUT2D eigenvalue weighted by Gasteiger charge is -2.13. The number of hydrogen-bond acceptors (Lipinski definition) is 1. The molecule has 0 N–H and O–H groups in total. The molecule has 0 aliphatic carbocycles. The normalized spacial score (nSPS) is 11.7. The molecule has 0 aliphatic rings. The van der Waals surface area contributed by atoms with Gasteiger partial charge < -0.3 is 8.98 Å². The van der Waals surface area contributed by atoms with Crippen LogP contribution in [0.2, 0.25) is 0 Å². The highest BCUT2D eigenvalue weighted by Crippen LogP contribution is 2.38. The summed E-state index contributed by atoms with van der Waals surface area (Å²) in [4.78, 5) is 0. The Balaban J connectivity index is 1.77. The van der Waals surface area contributed by atoms with E-state index in [0.29, 0.717) is 0 Å². The molecule has 8 aromatic rings. The maximum absolute atomic E-state index is 6.37. The molecular weight excluding hydrogens is 462 g/mol. The van der Waals surface area contributed by atoms with Crippen molar-refractivity contribution in [3.05, 3.63) is 140 Å². The molecule has 2 heteroatoms. The molecule has 0 unspecified atom stereocenters. The second kappa shape index (κ2) is 8.22. The van der Waals surface area contributed by atoms with Crippen LogP contribution in [0.1, 0.15) is 0 Å². The first kappa shape index (κ1) is 21.0. The molecule has 6 aromatic carbocycles. The van der Waals surface area contributed by atoms with Crippen molar-refractivity contribution < 1.29 is 4.42 Å². The predicted molar refractivity (Wildman–Crippen MR) is 161 cm³/mol. The van der Waals surface area contributed by atoms with E-state index in [4.69, 9.17) is 4.42 Å². The van der Waals surface area contributed by atoms with E-state index < -0.39 is 0 Å². The molecule has 0 aliphatic heterocycles. The van der Waals surface area contributed by atoms with Crippen LogP contribution >= 0.6 is 0 Å². The van der Waals surface area contributed by atoms with E-state index in [-0.39, 0.29) is 0 Å². The van der Waals surface area contributed by atoms with Crippen LogP contribution in [0.5, 0.6) is 0 Å². The molecule has 0 saturated heterocycles. The Kier molecular flexibility index (Phi) is 4.55. The molecule has 0 spiro atoms. The summed E-state index contributed by atoms with van der Waals surface area (Å²) in [5.41, 5.74) is 5.25. The first-order valence-corrected chi connectivity index (χ1v) is 13.0. The number of fused-ring (bicyclic) bond motifs is 10. The van der Waals surface area contributed by atoms with Gasteiger partial charge in [0.2, 0.25) is 0 Å². The van der Waals surface area contributed by atoms with Gasteiger partial charge in [-0.15, -0.1) is 0 Å². The molecule has 0 amide bonds. The van der Waals surface area contributed by atoms with Crippen LogP contribution in [0.15, 0.2) is 144 Å². The van der Waals surface area contributed by atoms with E-state index in [2.05, 4.69) is 132 Å². The van der Waals surface area contributed by atoms with Gasteiger partial charge in [0.25, 0.3) is 0 Å². The van der Waals surface area contributed by atoms with Crippen molar-refractivity contribution in [3.63, 3.8) is 0 Å². The fourth-order valence-electron chi connectivity index (χ4n) is 5.95. The Bertz CT molecular complexity index is 2230. The van der Waals surface area contributed by atoms with Crippen LogP contribution in [0, 0.1) is 0 Å². The zero-order chi connectivity index (χ0) is 25.1. The molecular formula is C36H23NO. The minimum Gasteiger partial charge on any atom is -0.456 e. The molecule has 0 radical (unpaired) electrons. The zero-order valence-electron chi connectivity index (χ0n) is 20.6. The van der Waals surface area contributed by atoms with Crippen LogP contribution in [-0.2, 0) is 0 Å². The Hall–Kier alpha value is -5.08. The van der Waals surface area contributed by atoms with Gasteiger partial charge in [0, 0.05) is 27.2 Å². The number of benzene rings is 6. The van der Waals surface area contributed by atoms with E-state index >= 15 is 0 Å². The van der Waals surface area contributed by atoms with Gasteiger partial charge in [-0.2, -0.15) is 0 Å². The highest BCUT2D eigenvalue weighted by atomic mass is 16.3. The fourth-order valence-corrected chi connectivity index (χ4v) is 5.95. The van der Waals surface area contributed by atoms with Crippen LogP contribution < -0.4 is 0 Å². The average molecular weight is 486 g/mol. The molecule has 2 heterocycles. The Labute approximate surface area is 219 Å². The highest BCUT2D eigenvalue weighted by Gasteiger charge is 2.13. The largest absolute Gasteiger partial charge is 0.456 e. The molecule has 178 valence electrons. The quantitative estimate of drug-likeness (QED) is 0.226. The van der Waals surface area contributed by atoms with Crippen molar-refractivity contribution in [2.75, 3.05) is 0 Å². The van der Waals surface area contributed by atoms with Crippen molar-refractivity contribution in [2.45, 2.75) is 0 Å². The lowest BCUT2D eigenvalue weighted by molar-refractivity contribution is 0.669. The first-order valence-electron chi connectivity index (χ1n) is 13.0. The number of para-hydroxylation sites is 4. The average Bonchev–Trinajstić information content (AvgIpc) is 3.36. The van der Waals surface area contributed by atoms with Crippen LogP contribution in [0.25, 0.3) is 71.0 Å². The van der Waals surface area contributed by atoms with Gasteiger partial charge in [0.1, 0.15) is 11.2 Å². The van der Waals surface area contributed by atoms with Gasteiger partial charge in [-0.05, 0) is 64.0 Å². The molecule has 0 atom stereocenters. The van der Waals surface area contributed by atoms with Gasteiger partial charge in [0.05, 0.1) is 11.0 Å². The van der Waals surface area contributed by atoms with E-state index in [0.717, 1.165) is 38.7 Å². The SMILES string of the molecule is c1ccc(-n2c3ccccc3c3ccccc3c3cc4oc5ccccc5c4cc3c3ccccc32)cc1. The van der Waals surface area contributed by atoms with Crippen molar-refractivity contribution in [3.8, 4) is 5.69 Å². The number of rotatable bonds is 1. The minimum atomic E-state index is 0.907. The zero-order valence-corrected chi connectivity index (χ0v) is 20.6. The molecule has 0 fully saturated rings. The molecule has 8 rings (SSSR count). The van der Waals surface area contributed by atoms with E-state index in [1.54, 1.807) is 0 Å². The molecule has 0 bridgehead atoms. The third kappa shape index (κ3) is 3.07. The van der Waals surface area contributed by atoms with Crippen molar-refractivity contribution in [1.82, 2.24) is 4.57 Å². The van der Waals surface area contributed by atoms with Crippen LogP contribution in [-0.4, -0.2) is 4.57 Å². The van der Waals surface area contributed by atoms with E-state index in [1.165, 1.54) is 32.3 Å². The summed E-state index contributed by atoms with van der Waals surface area (Å²) in [5, 5.41) is 9.42. The number of furan rings is 1. The maximum Gasteiger partial charge on any atom is 0.136 e. The van der Waals surface area contributed by atoms with Gasteiger partial charge in [-0.25, -0.2) is 0 Å². The van der Waals surface area contributed by atoms with Crippen molar-refractivity contribution in [1.29, 1.82) is 0 Å². The number of hydrogen-bond donors (Lipinski definition) is 0. The third-order valence-corrected chi connectivity index (χ3v) is 7.62. The number of aromatic nitrogens is 1. The second-order valence-electron chi connectivity index (χ2n) is 9.74. The van der Waals surface area contributed by atoms with E-state index in [1.807, 2.05) is 12.1 Å². The summed E-state index contributed by atoms with van der Waals surface area (Å²) in [6, 6.07) is 49.7. The van der Waals surface area contributed by atoms with Crippen molar-refractivity contribution >= 4 is 65.3 Å². The molecule has 2 nitrogen and oxygen atoms in total. The van der Waals surface area contributed by atoms with Gasteiger partial charge in [-0.1, -0.05) is 97.1 Å². The summed E-state index contributed by atoms with van der Waals surface area (Å²) < 4.78 is 8.77. The van der Waals surface area contributed by atoms with Crippen LogP contribution in [0.4, 0.5) is 0 Å².